The largest absolute Gasteiger partial charge is 0.497 e. The third kappa shape index (κ3) is 4.78. The van der Waals surface area contributed by atoms with Crippen molar-refractivity contribution in [2.45, 2.75) is 30.2 Å². The molecule has 4 rings (SSSR count). The second-order valence-electron chi connectivity index (χ2n) is 7.90. The number of ether oxygens (including phenoxy) is 2. The van der Waals surface area contributed by atoms with Crippen LogP contribution in [0.3, 0.4) is 0 Å². The van der Waals surface area contributed by atoms with Gasteiger partial charge in [0.2, 0.25) is 0 Å². The summed E-state index contributed by atoms with van der Waals surface area (Å²) in [6, 6.07) is 13.8. The number of hydrogen-bond acceptors (Lipinski definition) is 5. The molecule has 3 aromatic rings. The van der Waals surface area contributed by atoms with E-state index in [0.717, 1.165) is 59.3 Å². The van der Waals surface area contributed by atoms with Crippen molar-refractivity contribution >= 4 is 17.7 Å². The summed E-state index contributed by atoms with van der Waals surface area (Å²) in [5.74, 6) is 3.08. The fourth-order valence-corrected chi connectivity index (χ4v) is 4.89. The van der Waals surface area contributed by atoms with Crippen LogP contribution in [0.2, 0.25) is 0 Å². The van der Waals surface area contributed by atoms with Gasteiger partial charge in [-0.05, 0) is 48.9 Å². The molecule has 0 N–H and O–H groups in total. The molecule has 6 nitrogen and oxygen atoms in total. The monoisotopic (exact) mass is 451 g/mol. The highest BCUT2D eigenvalue weighted by Crippen LogP contribution is 2.30. The molecule has 1 fully saturated rings. The van der Waals surface area contributed by atoms with Crippen LogP contribution in [0, 0.1) is 0 Å². The molecule has 2 heterocycles. The van der Waals surface area contributed by atoms with Crippen molar-refractivity contribution in [3.05, 3.63) is 71.8 Å². The number of methoxy groups -OCH3 is 2. The Bertz CT molecular complexity index is 1050. The van der Waals surface area contributed by atoms with Crippen LogP contribution in [0.25, 0.3) is 0 Å². The summed E-state index contributed by atoms with van der Waals surface area (Å²) in [6.45, 7) is 2.18. The van der Waals surface area contributed by atoms with Gasteiger partial charge in [0.05, 0.1) is 19.8 Å². The van der Waals surface area contributed by atoms with Gasteiger partial charge in [0.15, 0.2) is 0 Å². The minimum Gasteiger partial charge on any atom is -0.497 e. The molecule has 0 spiro atoms. The van der Waals surface area contributed by atoms with Crippen molar-refractivity contribution in [2.24, 2.45) is 0 Å². The number of carbonyl (C=O) groups excluding carboxylic acids is 1. The van der Waals surface area contributed by atoms with Crippen LogP contribution in [0.15, 0.2) is 59.8 Å². The van der Waals surface area contributed by atoms with Gasteiger partial charge < -0.3 is 18.9 Å². The second-order valence-corrected chi connectivity index (χ2v) is 8.75. The Hall–Kier alpha value is -2.93. The molecule has 0 aliphatic carbocycles. The SMILES string of the molecule is COc1cc(Cn2ccnc2C2CCN(C(=O)c3ccccc3SC)CC2)cc(OC)c1. The first-order chi connectivity index (χ1) is 15.6. The molecule has 1 aliphatic rings. The van der Waals surface area contributed by atoms with E-state index >= 15 is 0 Å². The molecule has 0 bridgehead atoms. The van der Waals surface area contributed by atoms with E-state index in [1.165, 1.54) is 0 Å². The van der Waals surface area contributed by atoms with Crippen molar-refractivity contribution in [1.29, 1.82) is 0 Å². The maximum Gasteiger partial charge on any atom is 0.254 e. The zero-order valence-corrected chi connectivity index (χ0v) is 19.6. The summed E-state index contributed by atoms with van der Waals surface area (Å²) >= 11 is 1.62. The molecule has 0 saturated carbocycles. The molecule has 0 radical (unpaired) electrons. The molecule has 1 amide bonds. The molecule has 1 aromatic heterocycles. The smallest absolute Gasteiger partial charge is 0.254 e. The summed E-state index contributed by atoms with van der Waals surface area (Å²) in [4.78, 5) is 20.7. The fraction of sp³-hybridized carbons (Fsp3) is 0.360. The molecule has 0 unspecified atom stereocenters. The lowest BCUT2D eigenvalue weighted by Gasteiger charge is -2.32. The summed E-state index contributed by atoms with van der Waals surface area (Å²) in [6.07, 6.45) is 7.71. The van der Waals surface area contributed by atoms with Gasteiger partial charge in [-0.2, -0.15) is 0 Å². The van der Waals surface area contributed by atoms with Gasteiger partial charge in [-0.3, -0.25) is 4.79 Å². The molecule has 1 aliphatic heterocycles. The summed E-state index contributed by atoms with van der Waals surface area (Å²) in [7, 11) is 3.32. The van der Waals surface area contributed by atoms with E-state index in [-0.39, 0.29) is 5.91 Å². The third-order valence-corrected chi connectivity index (χ3v) is 6.79. The quantitative estimate of drug-likeness (QED) is 0.488. The minimum atomic E-state index is 0.125. The zero-order valence-electron chi connectivity index (χ0n) is 18.8. The highest BCUT2D eigenvalue weighted by atomic mass is 32.2. The average molecular weight is 452 g/mol. The van der Waals surface area contributed by atoms with E-state index < -0.39 is 0 Å². The summed E-state index contributed by atoms with van der Waals surface area (Å²) in [5, 5.41) is 0. The Kier molecular flexibility index (Phi) is 7.05. The maximum absolute atomic E-state index is 13.1. The van der Waals surface area contributed by atoms with Crippen molar-refractivity contribution in [2.75, 3.05) is 33.6 Å². The van der Waals surface area contributed by atoms with E-state index in [4.69, 9.17) is 9.47 Å². The lowest BCUT2D eigenvalue weighted by molar-refractivity contribution is 0.0707. The molecular formula is C25H29N3O3S. The number of imidazole rings is 1. The standard InChI is InChI=1S/C25H29N3O3S/c1-30-20-14-18(15-21(16-20)31-2)17-28-13-10-26-24(28)19-8-11-27(12-9-19)25(29)22-6-4-5-7-23(22)32-3/h4-7,10,13-16,19H,8-9,11-12,17H2,1-3H3. The van der Waals surface area contributed by atoms with Crippen molar-refractivity contribution in [3.8, 4) is 11.5 Å². The first kappa shape index (κ1) is 22.3. The average Bonchev–Trinajstić information content (AvgIpc) is 3.31. The maximum atomic E-state index is 13.1. The van der Waals surface area contributed by atoms with Gasteiger partial charge >= 0.3 is 0 Å². The Morgan fingerprint density at radius 1 is 1.09 bits per heavy atom. The lowest BCUT2D eigenvalue weighted by Crippen LogP contribution is -2.38. The number of hydrogen-bond donors (Lipinski definition) is 0. The van der Waals surface area contributed by atoms with Crippen molar-refractivity contribution < 1.29 is 14.3 Å². The zero-order chi connectivity index (χ0) is 22.5. The van der Waals surface area contributed by atoms with Gasteiger partial charge in [0.25, 0.3) is 5.91 Å². The predicted octanol–water partition coefficient (Wildman–Crippen LogP) is 4.69. The molecular weight excluding hydrogens is 422 g/mol. The molecule has 2 aromatic carbocycles. The summed E-state index contributed by atoms with van der Waals surface area (Å²) < 4.78 is 13.0. The number of carbonyl (C=O) groups is 1. The Balaban J connectivity index is 1.44. The number of amides is 1. The van der Waals surface area contributed by atoms with Crippen molar-refractivity contribution in [3.63, 3.8) is 0 Å². The van der Waals surface area contributed by atoms with Crippen LogP contribution in [-0.2, 0) is 6.54 Å². The number of benzene rings is 2. The number of likely N-dealkylation sites (tertiary alicyclic amines) is 1. The van der Waals surface area contributed by atoms with E-state index in [1.54, 1.807) is 26.0 Å². The first-order valence-electron chi connectivity index (χ1n) is 10.8. The highest BCUT2D eigenvalue weighted by Gasteiger charge is 2.27. The molecule has 168 valence electrons. The van der Waals surface area contributed by atoms with Gasteiger partial charge in [-0.1, -0.05) is 12.1 Å². The predicted molar refractivity (Wildman–Crippen MR) is 127 cm³/mol. The van der Waals surface area contributed by atoms with Gasteiger partial charge in [-0.15, -0.1) is 11.8 Å². The van der Waals surface area contributed by atoms with Crippen LogP contribution >= 0.6 is 11.8 Å². The number of nitrogens with zero attached hydrogens (tertiary/aromatic N) is 3. The van der Waals surface area contributed by atoms with E-state index in [9.17, 15) is 4.79 Å². The molecule has 7 heteroatoms. The van der Waals surface area contributed by atoms with E-state index in [1.807, 2.05) is 66.0 Å². The number of rotatable bonds is 7. The van der Waals surface area contributed by atoms with Crippen molar-refractivity contribution in [1.82, 2.24) is 14.5 Å². The Morgan fingerprint density at radius 3 is 2.44 bits per heavy atom. The molecule has 1 saturated heterocycles. The summed E-state index contributed by atoms with van der Waals surface area (Å²) in [5.41, 5.74) is 1.90. The number of aromatic nitrogens is 2. The minimum absolute atomic E-state index is 0.125. The number of piperidine rings is 1. The van der Waals surface area contributed by atoms with E-state index in [0.29, 0.717) is 12.5 Å². The van der Waals surface area contributed by atoms with Gasteiger partial charge in [-0.25, -0.2) is 4.98 Å². The fourth-order valence-electron chi connectivity index (χ4n) is 4.30. The normalized spacial score (nSPS) is 14.4. The topological polar surface area (TPSA) is 56.6 Å². The highest BCUT2D eigenvalue weighted by molar-refractivity contribution is 7.98. The van der Waals surface area contributed by atoms with Crippen LogP contribution < -0.4 is 9.47 Å². The Morgan fingerprint density at radius 2 is 1.78 bits per heavy atom. The number of thioether (sulfide) groups is 1. The van der Waals surface area contributed by atoms with Crippen LogP contribution in [0.1, 0.15) is 40.5 Å². The second kappa shape index (κ2) is 10.1. The van der Waals surface area contributed by atoms with E-state index in [2.05, 4.69) is 9.55 Å². The molecule has 0 atom stereocenters. The molecule has 32 heavy (non-hydrogen) atoms. The van der Waals surface area contributed by atoms with Gasteiger partial charge in [0.1, 0.15) is 17.3 Å². The van der Waals surface area contributed by atoms with Crippen LogP contribution in [0.4, 0.5) is 0 Å². The van der Waals surface area contributed by atoms with Gasteiger partial charge in [0, 0.05) is 48.9 Å². The lowest BCUT2D eigenvalue weighted by atomic mass is 9.95. The van der Waals surface area contributed by atoms with Crippen LogP contribution in [0.5, 0.6) is 11.5 Å². The Labute approximate surface area is 193 Å². The first-order valence-corrected chi connectivity index (χ1v) is 12.0. The third-order valence-electron chi connectivity index (χ3n) is 6.00. The van der Waals surface area contributed by atoms with Crippen LogP contribution in [-0.4, -0.2) is 53.9 Å².